The molecule has 0 saturated heterocycles. The van der Waals surface area contributed by atoms with E-state index in [1.807, 2.05) is 0 Å². The summed E-state index contributed by atoms with van der Waals surface area (Å²) < 4.78 is 4.37. The van der Waals surface area contributed by atoms with Crippen molar-refractivity contribution < 1.29 is 0 Å². The molecule has 0 aromatic heterocycles. The zero-order valence-electron chi connectivity index (χ0n) is 28.4. The Hall–Kier alpha value is -5.41. The molecule has 0 N–H and O–H groups in total. The van der Waals surface area contributed by atoms with Gasteiger partial charge >= 0.3 is 303 Å². The van der Waals surface area contributed by atoms with Gasteiger partial charge in [-0.3, -0.25) is 0 Å². The van der Waals surface area contributed by atoms with Crippen LogP contribution in [-0.4, -0.2) is 31.9 Å². The van der Waals surface area contributed by atoms with Crippen LogP contribution in [0.15, 0.2) is 188 Å². The second-order valence-corrected chi connectivity index (χ2v) is 17.4. The minimum atomic E-state index is -0.457. The van der Waals surface area contributed by atoms with E-state index in [4.69, 9.17) is 0 Å². The Morgan fingerprint density at radius 1 is 0.308 bits per heavy atom. The Morgan fingerprint density at radius 2 is 0.808 bits per heavy atom. The Kier molecular flexibility index (Phi) is 7.82. The fourth-order valence-electron chi connectivity index (χ4n) is 8.11. The number of hydrogen-bond donors (Lipinski definition) is 0. The van der Waals surface area contributed by atoms with Crippen LogP contribution in [-0.2, 0) is 0 Å². The van der Waals surface area contributed by atoms with Crippen molar-refractivity contribution in [1.29, 1.82) is 0 Å². The van der Waals surface area contributed by atoms with Gasteiger partial charge in [-0.2, -0.15) is 0 Å². The Labute approximate surface area is 319 Å². The normalized spacial score (nSPS) is 11.9. The predicted molar refractivity (Wildman–Crippen MR) is 224 cm³/mol. The second-order valence-electron chi connectivity index (χ2n) is 13.5. The summed E-state index contributed by atoms with van der Waals surface area (Å²) in [4.78, 5) is 0. The molecular weight excluding hydrogens is 746 g/mol. The molecule has 9 aromatic rings. The summed E-state index contributed by atoms with van der Waals surface area (Å²) in [6, 6.07) is 69.9. The van der Waals surface area contributed by atoms with Gasteiger partial charge in [0.25, 0.3) is 0 Å². The first kappa shape index (κ1) is 31.3. The second kappa shape index (κ2) is 13.0. The molecular formula is C50H31Ge2. The van der Waals surface area contributed by atoms with Crippen LogP contribution in [0.1, 0.15) is 0 Å². The van der Waals surface area contributed by atoms with Crippen molar-refractivity contribution in [3.8, 4) is 66.8 Å². The van der Waals surface area contributed by atoms with Gasteiger partial charge in [0.1, 0.15) is 0 Å². The Bertz CT molecular complexity index is 2810. The summed E-state index contributed by atoms with van der Waals surface area (Å²) in [6.45, 7) is 0. The van der Waals surface area contributed by atoms with Gasteiger partial charge in [-0.15, -0.1) is 0 Å². The van der Waals surface area contributed by atoms with E-state index in [1.54, 1.807) is 4.40 Å². The third kappa shape index (κ3) is 5.29. The Morgan fingerprint density at radius 3 is 1.58 bits per heavy atom. The molecule has 0 fully saturated rings. The first-order valence-corrected chi connectivity index (χ1v) is 20.9. The third-order valence-corrected chi connectivity index (χ3v) is 14.6. The molecule has 0 nitrogen and oxygen atoms in total. The van der Waals surface area contributed by atoms with Crippen LogP contribution in [0.4, 0.5) is 0 Å². The summed E-state index contributed by atoms with van der Waals surface area (Å²) in [5.74, 6) is 0. The van der Waals surface area contributed by atoms with E-state index < -0.39 is 15.4 Å². The molecule has 1 aliphatic heterocycles. The van der Waals surface area contributed by atoms with Gasteiger partial charge in [0, 0.05) is 0 Å². The van der Waals surface area contributed by atoms with Crippen LogP contribution >= 0.6 is 0 Å². The summed E-state index contributed by atoms with van der Waals surface area (Å²) in [5, 5.41) is 5.14. The molecule has 2 heteroatoms. The maximum absolute atomic E-state index is 2.49. The molecule has 0 spiro atoms. The van der Waals surface area contributed by atoms with E-state index in [0.29, 0.717) is 0 Å². The van der Waals surface area contributed by atoms with Crippen molar-refractivity contribution in [1.82, 2.24) is 0 Å². The molecule has 52 heavy (non-hydrogen) atoms. The first-order valence-electron chi connectivity index (χ1n) is 17.8. The molecule has 0 bridgehead atoms. The monoisotopic (exact) mass is 779 g/mol. The van der Waals surface area contributed by atoms with Crippen molar-refractivity contribution in [3.05, 3.63) is 188 Å². The SMILES string of the molecule is [Ge][c]1ccccc1-c1cccc(-c2cccc3c(-c4ccc(-c5ccccc5)cc4)c4cccc(-c5cccc6[c]5[Ge][c]5ccccc5-6)c4cc23)c1. The molecule has 0 amide bonds. The number of rotatable bonds is 5. The van der Waals surface area contributed by atoms with E-state index in [-0.39, 0.29) is 0 Å². The summed E-state index contributed by atoms with van der Waals surface area (Å²) in [6.07, 6.45) is 0. The van der Waals surface area contributed by atoms with Crippen LogP contribution in [0.25, 0.3) is 88.3 Å². The molecule has 239 valence electrons. The summed E-state index contributed by atoms with van der Waals surface area (Å²) >= 11 is 1.74. The van der Waals surface area contributed by atoms with Gasteiger partial charge in [-0.1, -0.05) is 18.2 Å². The number of hydrogen-bond acceptors (Lipinski definition) is 0. The molecule has 5 radical (unpaired) electrons. The van der Waals surface area contributed by atoms with Gasteiger partial charge in [0.15, 0.2) is 0 Å². The molecule has 10 rings (SSSR count). The van der Waals surface area contributed by atoms with Gasteiger partial charge in [0.05, 0.1) is 0 Å². The molecule has 0 saturated carbocycles. The van der Waals surface area contributed by atoms with Crippen LogP contribution in [0.3, 0.4) is 0 Å². The summed E-state index contributed by atoms with van der Waals surface area (Å²) in [7, 11) is 0. The maximum atomic E-state index is 2.49. The van der Waals surface area contributed by atoms with Gasteiger partial charge in [-0.05, 0) is 0 Å². The molecule has 9 aromatic carbocycles. The summed E-state index contributed by atoms with van der Waals surface area (Å²) in [5.41, 5.74) is 15.5. The van der Waals surface area contributed by atoms with E-state index in [9.17, 15) is 0 Å². The molecule has 0 aliphatic carbocycles. The van der Waals surface area contributed by atoms with Gasteiger partial charge < -0.3 is 0 Å². The van der Waals surface area contributed by atoms with E-state index >= 15 is 0 Å². The first-order chi connectivity index (χ1) is 25.7. The molecule has 1 aliphatic rings. The number of benzene rings is 9. The quantitative estimate of drug-likeness (QED) is 0.121. The van der Waals surface area contributed by atoms with Crippen LogP contribution in [0.2, 0.25) is 0 Å². The molecule has 1 heterocycles. The van der Waals surface area contributed by atoms with Crippen LogP contribution < -0.4 is 13.2 Å². The van der Waals surface area contributed by atoms with E-state index in [2.05, 4.69) is 205 Å². The fraction of sp³-hybridized carbons (Fsp3) is 0. The van der Waals surface area contributed by atoms with Crippen molar-refractivity contribution >= 4 is 66.7 Å². The minimum absolute atomic E-state index is 0.457. The van der Waals surface area contributed by atoms with Crippen molar-refractivity contribution in [2.75, 3.05) is 0 Å². The average Bonchev–Trinajstić information content (AvgIpc) is 3.59. The zero-order valence-corrected chi connectivity index (χ0v) is 32.6. The van der Waals surface area contributed by atoms with Gasteiger partial charge in [-0.25, -0.2) is 0 Å². The van der Waals surface area contributed by atoms with Crippen molar-refractivity contribution in [3.63, 3.8) is 0 Å². The van der Waals surface area contributed by atoms with E-state index in [0.717, 1.165) is 0 Å². The van der Waals surface area contributed by atoms with Crippen LogP contribution in [0, 0.1) is 0 Å². The van der Waals surface area contributed by atoms with Crippen molar-refractivity contribution in [2.24, 2.45) is 0 Å². The average molecular weight is 777 g/mol. The predicted octanol–water partition coefficient (Wildman–Crippen LogP) is 10.8. The fourth-order valence-corrected chi connectivity index (χ4v) is 12.0. The topological polar surface area (TPSA) is 0 Å². The standard InChI is InChI=1S/C50H31Ge2/c51-47-24-6-4-16-38(47)36-15-8-14-35(30-36)37-18-9-20-41-45(37)31-46-39(43-22-11-23-44-40-17-5-7-25-48(40)52-50(43)44)19-10-21-42(46)49(41)34-28-26-33(27-29-34)32-12-2-1-3-13-32/h1-31H. The number of fused-ring (bicyclic) bond motifs is 5. The van der Waals surface area contributed by atoms with Gasteiger partial charge in [0.2, 0.25) is 0 Å². The third-order valence-electron chi connectivity index (χ3n) is 10.6. The van der Waals surface area contributed by atoms with Crippen LogP contribution in [0.5, 0.6) is 0 Å². The molecule has 0 unspecified atom stereocenters. The molecule has 0 atom stereocenters. The Balaban J connectivity index is 1.24. The van der Waals surface area contributed by atoms with Crippen molar-refractivity contribution in [2.45, 2.75) is 0 Å². The zero-order chi connectivity index (χ0) is 34.6. The van der Waals surface area contributed by atoms with E-state index in [1.165, 1.54) is 97.1 Å².